The number of rotatable bonds is 1. The molecule has 1 fully saturated rings. The fourth-order valence-electron chi connectivity index (χ4n) is 3.67. The number of hydrogen-bond donors (Lipinski definition) is 1. The maximum Gasteiger partial charge on any atom is 0.123 e. The lowest BCUT2D eigenvalue weighted by molar-refractivity contribution is 0.349. The van der Waals surface area contributed by atoms with Crippen LogP contribution >= 0.6 is 0 Å². The Morgan fingerprint density at radius 2 is 2.10 bits per heavy atom. The fourth-order valence-corrected chi connectivity index (χ4v) is 3.67. The molecule has 0 aliphatic heterocycles. The van der Waals surface area contributed by atoms with Crippen molar-refractivity contribution in [1.82, 2.24) is 9.78 Å². The van der Waals surface area contributed by atoms with Crippen LogP contribution in [0.2, 0.25) is 0 Å². The minimum absolute atomic E-state index is 0.0731. The Bertz CT molecular complexity index is 729. The number of hydrogen-bond acceptors (Lipinski definition) is 2. The van der Waals surface area contributed by atoms with Gasteiger partial charge < -0.3 is 5.73 Å². The van der Waals surface area contributed by atoms with Gasteiger partial charge in [-0.1, -0.05) is 12.5 Å². The molecule has 1 aromatic heterocycles. The summed E-state index contributed by atoms with van der Waals surface area (Å²) < 4.78 is 15.0. The topological polar surface area (TPSA) is 43.8 Å². The minimum atomic E-state index is -0.229. The Morgan fingerprint density at radius 3 is 2.86 bits per heavy atom. The van der Waals surface area contributed by atoms with Crippen molar-refractivity contribution in [2.75, 3.05) is 0 Å². The van der Waals surface area contributed by atoms with E-state index in [1.807, 2.05) is 10.9 Å². The highest BCUT2D eigenvalue weighted by atomic mass is 19.1. The van der Waals surface area contributed by atoms with E-state index in [2.05, 4.69) is 18.1 Å². The van der Waals surface area contributed by atoms with Crippen LogP contribution in [0.5, 0.6) is 0 Å². The molecule has 3 nitrogen and oxygen atoms in total. The highest BCUT2D eigenvalue weighted by Gasteiger charge is 2.43. The van der Waals surface area contributed by atoms with Gasteiger partial charge in [-0.3, -0.25) is 0 Å². The molecular formula is C17H18FN3. The molecule has 1 saturated carbocycles. The van der Waals surface area contributed by atoms with Crippen LogP contribution in [0.25, 0.3) is 11.8 Å². The third kappa shape index (κ3) is 1.79. The monoisotopic (exact) mass is 283 g/mol. The van der Waals surface area contributed by atoms with Gasteiger partial charge in [-0.2, -0.15) is 5.10 Å². The molecule has 21 heavy (non-hydrogen) atoms. The summed E-state index contributed by atoms with van der Waals surface area (Å²) >= 11 is 0. The highest BCUT2D eigenvalue weighted by molar-refractivity contribution is 5.62. The summed E-state index contributed by atoms with van der Waals surface area (Å²) in [5.41, 5.74) is 11.0. The Balaban J connectivity index is 1.82. The van der Waals surface area contributed by atoms with Crippen molar-refractivity contribution >= 4 is 6.08 Å². The molecule has 1 heterocycles. The molecule has 4 heteroatoms. The SMILES string of the molecule is C[C@]12Cc3cnn(-c4ccc(F)cc4)c3C=C1CC[C@@H]2N. The lowest BCUT2D eigenvalue weighted by Crippen LogP contribution is -2.38. The van der Waals surface area contributed by atoms with Gasteiger partial charge in [0.2, 0.25) is 0 Å². The lowest BCUT2D eigenvalue weighted by atomic mass is 9.73. The minimum Gasteiger partial charge on any atom is -0.327 e. The van der Waals surface area contributed by atoms with Gasteiger partial charge in [-0.15, -0.1) is 0 Å². The molecule has 2 aliphatic rings. The summed E-state index contributed by atoms with van der Waals surface area (Å²) in [6, 6.07) is 6.68. The van der Waals surface area contributed by atoms with Crippen molar-refractivity contribution in [1.29, 1.82) is 0 Å². The van der Waals surface area contributed by atoms with Crippen LogP contribution in [-0.2, 0) is 6.42 Å². The molecule has 4 rings (SSSR count). The highest BCUT2D eigenvalue weighted by Crippen LogP contribution is 2.48. The van der Waals surface area contributed by atoms with Crippen LogP contribution in [-0.4, -0.2) is 15.8 Å². The van der Waals surface area contributed by atoms with Crippen LogP contribution in [0.4, 0.5) is 4.39 Å². The van der Waals surface area contributed by atoms with E-state index in [1.165, 1.54) is 23.3 Å². The van der Waals surface area contributed by atoms with E-state index in [-0.39, 0.29) is 17.3 Å². The molecule has 2 N–H and O–H groups in total. The Morgan fingerprint density at radius 1 is 1.33 bits per heavy atom. The number of benzene rings is 1. The van der Waals surface area contributed by atoms with Crippen LogP contribution in [0.15, 0.2) is 36.0 Å². The second-order valence-corrected chi connectivity index (χ2v) is 6.35. The average molecular weight is 283 g/mol. The van der Waals surface area contributed by atoms with Gasteiger partial charge in [0.15, 0.2) is 0 Å². The first-order valence-electron chi connectivity index (χ1n) is 7.37. The molecule has 0 unspecified atom stereocenters. The second kappa shape index (κ2) is 4.28. The third-order valence-electron chi connectivity index (χ3n) is 5.10. The first kappa shape index (κ1) is 12.8. The molecule has 0 amide bonds. The third-order valence-corrected chi connectivity index (χ3v) is 5.10. The summed E-state index contributed by atoms with van der Waals surface area (Å²) in [4.78, 5) is 0. The van der Waals surface area contributed by atoms with E-state index in [9.17, 15) is 4.39 Å². The van der Waals surface area contributed by atoms with E-state index in [0.29, 0.717) is 0 Å². The largest absolute Gasteiger partial charge is 0.327 e. The molecule has 108 valence electrons. The first-order chi connectivity index (χ1) is 10.1. The van der Waals surface area contributed by atoms with Gasteiger partial charge in [0.05, 0.1) is 17.6 Å². The van der Waals surface area contributed by atoms with Gasteiger partial charge in [0.1, 0.15) is 5.82 Å². The van der Waals surface area contributed by atoms with E-state index in [0.717, 1.165) is 30.6 Å². The number of halogens is 1. The average Bonchev–Trinajstić information content (AvgIpc) is 2.99. The van der Waals surface area contributed by atoms with E-state index in [1.54, 1.807) is 12.1 Å². The molecular weight excluding hydrogens is 265 g/mol. The number of nitrogens with zero attached hydrogens (tertiary/aromatic N) is 2. The quantitative estimate of drug-likeness (QED) is 0.874. The van der Waals surface area contributed by atoms with Crippen molar-refractivity contribution in [3.63, 3.8) is 0 Å². The molecule has 0 bridgehead atoms. The van der Waals surface area contributed by atoms with Crippen LogP contribution in [0.1, 0.15) is 31.0 Å². The zero-order chi connectivity index (χ0) is 14.6. The van der Waals surface area contributed by atoms with Crippen molar-refractivity contribution in [3.05, 3.63) is 53.1 Å². The molecule has 0 saturated heterocycles. The Kier molecular flexibility index (Phi) is 2.60. The van der Waals surface area contributed by atoms with E-state index in [4.69, 9.17) is 5.73 Å². The zero-order valence-corrected chi connectivity index (χ0v) is 12.0. The summed E-state index contributed by atoms with van der Waals surface area (Å²) in [5, 5.41) is 4.49. The van der Waals surface area contributed by atoms with Gasteiger partial charge in [0.25, 0.3) is 0 Å². The van der Waals surface area contributed by atoms with Gasteiger partial charge in [0, 0.05) is 11.5 Å². The molecule has 2 atom stereocenters. The van der Waals surface area contributed by atoms with E-state index < -0.39 is 0 Å². The normalized spacial score (nSPS) is 27.2. The summed E-state index contributed by atoms with van der Waals surface area (Å²) in [6.07, 6.45) is 7.21. The molecule has 0 radical (unpaired) electrons. The lowest BCUT2D eigenvalue weighted by Gasteiger charge is -2.33. The Hall–Kier alpha value is -1.94. The summed E-state index contributed by atoms with van der Waals surface area (Å²) in [5.74, 6) is -0.229. The molecule has 2 aliphatic carbocycles. The molecule has 1 aromatic carbocycles. The van der Waals surface area contributed by atoms with Crippen LogP contribution in [0, 0.1) is 11.2 Å². The van der Waals surface area contributed by atoms with Crippen LogP contribution in [0.3, 0.4) is 0 Å². The van der Waals surface area contributed by atoms with Crippen molar-refractivity contribution in [2.45, 2.75) is 32.2 Å². The molecule has 2 aromatic rings. The zero-order valence-electron chi connectivity index (χ0n) is 12.0. The number of fused-ring (bicyclic) bond motifs is 2. The van der Waals surface area contributed by atoms with Crippen molar-refractivity contribution in [2.24, 2.45) is 11.1 Å². The summed E-state index contributed by atoms with van der Waals surface area (Å²) in [7, 11) is 0. The predicted octanol–water partition coefficient (Wildman–Crippen LogP) is 3.08. The number of aromatic nitrogens is 2. The van der Waals surface area contributed by atoms with E-state index >= 15 is 0 Å². The van der Waals surface area contributed by atoms with Crippen molar-refractivity contribution in [3.8, 4) is 5.69 Å². The fraction of sp³-hybridized carbons (Fsp3) is 0.353. The van der Waals surface area contributed by atoms with Gasteiger partial charge in [-0.05, 0) is 55.2 Å². The predicted molar refractivity (Wildman–Crippen MR) is 80.5 cm³/mol. The smallest absolute Gasteiger partial charge is 0.123 e. The van der Waals surface area contributed by atoms with Crippen molar-refractivity contribution < 1.29 is 4.39 Å². The van der Waals surface area contributed by atoms with Gasteiger partial charge in [-0.25, -0.2) is 9.07 Å². The summed E-state index contributed by atoms with van der Waals surface area (Å²) in [6.45, 7) is 2.26. The van der Waals surface area contributed by atoms with Gasteiger partial charge >= 0.3 is 0 Å². The maximum absolute atomic E-state index is 13.1. The van der Waals surface area contributed by atoms with Crippen LogP contribution < -0.4 is 5.73 Å². The first-order valence-corrected chi connectivity index (χ1v) is 7.37. The second-order valence-electron chi connectivity index (χ2n) is 6.35. The standard InChI is InChI=1S/C17H18FN3/c1-17-9-11-10-20-21(14-5-3-13(18)4-6-14)15(11)8-12(17)2-7-16(17)19/h3-6,8,10,16H,2,7,9,19H2,1H3/t16-,17-/m0/s1. The maximum atomic E-state index is 13.1. The molecule has 0 spiro atoms. The number of nitrogens with two attached hydrogens (primary N) is 1. The Labute approximate surface area is 123 Å².